The Labute approximate surface area is 57.8 Å². The molecular weight excluding hydrogens is 130 g/mol. The number of hydrogen-bond acceptors (Lipinski definition) is 2. The number of fused-ring (bicyclic) bond motifs is 1. The summed E-state index contributed by atoms with van der Waals surface area (Å²) in [5.41, 5.74) is 1.65. The van der Waals surface area contributed by atoms with Crippen LogP contribution in [0.15, 0.2) is 12.3 Å². The van der Waals surface area contributed by atoms with E-state index in [0.29, 0.717) is 12.2 Å². The van der Waals surface area contributed by atoms with Crippen molar-refractivity contribution in [2.75, 3.05) is 0 Å². The Morgan fingerprint density at radius 3 is 3.30 bits per heavy atom. The number of nitrogens with one attached hydrogen (secondary N) is 2. The monoisotopic (exact) mass is 137 g/mol. The highest BCUT2D eigenvalue weighted by molar-refractivity contribution is 5.55. The molecule has 1 aliphatic heterocycles. The Bertz CT molecular complexity index is 276. The van der Waals surface area contributed by atoms with Gasteiger partial charge in [-0.1, -0.05) is 0 Å². The first kappa shape index (κ1) is 5.34. The second-order valence-electron chi connectivity index (χ2n) is 2.18. The lowest BCUT2D eigenvalue weighted by molar-refractivity contribution is -0.360. The van der Waals surface area contributed by atoms with Crippen molar-refractivity contribution < 1.29 is 4.74 Å². The van der Waals surface area contributed by atoms with E-state index < -0.39 is 0 Å². The molecular formula is C6H7N3O. The largest absolute Gasteiger partial charge is 0.711 e. The van der Waals surface area contributed by atoms with Gasteiger partial charge in [0.15, 0.2) is 5.69 Å². The number of nitrogens with zero attached hydrogens (tertiary/aromatic N) is 1. The van der Waals surface area contributed by atoms with Crippen LogP contribution in [0.25, 0.3) is 0 Å². The predicted molar refractivity (Wildman–Crippen MR) is 37.0 cm³/mol. The molecule has 0 saturated carbocycles. The summed E-state index contributed by atoms with van der Waals surface area (Å²) in [6.07, 6.45) is 3.17. The molecule has 4 heteroatoms. The van der Waals surface area contributed by atoms with E-state index in [1.807, 2.05) is 0 Å². The van der Waals surface area contributed by atoms with E-state index in [4.69, 9.17) is 0 Å². The normalized spacial score (nSPS) is 15.4. The van der Waals surface area contributed by atoms with Gasteiger partial charge in [-0.2, -0.15) is 0 Å². The van der Waals surface area contributed by atoms with Gasteiger partial charge in [-0.15, -0.1) is 0 Å². The molecule has 0 bridgehead atoms. The van der Waals surface area contributed by atoms with E-state index in [1.54, 1.807) is 12.3 Å². The number of rotatable bonds is 0. The van der Waals surface area contributed by atoms with Crippen molar-refractivity contribution >= 4 is 12.0 Å². The van der Waals surface area contributed by atoms with E-state index in [2.05, 4.69) is 10.3 Å². The summed E-state index contributed by atoms with van der Waals surface area (Å²) in [5, 5.41) is 13.8. The number of H-pyrrole nitrogens is 1. The number of hydrogen-bond donors (Lipinski definition) is 2. The summed E-state index contributed by atoms with van der Waals surface area (Å²) in [6.45, 7) is 0.709. The fourth-order valence-electron chi connectivity index (χ4n) is 1.04. The molecule has 1 aromatic heterocycles. The molecule has 1 aliphatic rings. The molecule has 0 radical (unpaired) electrons. The van der Waals surface area contributed by atoms with Crippen LogP contribution >= 0.6 is 0 Å². The zero-order valence-corrected chi connectivity index (χ0v) is 5.29. The summed E-state index contributed by atoms with van der Waals surface area (Å²) in [7, 11) is 0. The molecule has 0 amide bonds. The van der Waals surface area contributed by atoms with Crippen molar-refractivity contribution in [3.8, 4) is 0 Å². The second-order valence-corrected chi connectivity index (χ2v) is 2.18. The highest BCUT2D eigenvalue weighted by atomic mass is 16.5. The molecule has 0 aromatic carbocycles. The van der Waals surface area contributed by atoms with Crippen LogP contribution in [-0.2, 0) is 6.54 Å². The van der Waals surface area contributed by atoms with E-state index in [1.165, 1.54) is 6.34 Å². The van der Waals surface area contributed by atoms with Gasteiger partial charge in [-0.05, 0) is 0 Å². The smallest absolute Gasteiger partial charge is 0.240 e. The molecule has 10 heavy (non-hydrogen) atoms. The highest BCUT2D eigenvalue weighted by Gasteiger charge is 2.11. The molecule has 52 valence electrons. The predicted octanol–water partition coefficient (Wildman–Crippen LogP) is 0.288. The van der Waals surface area contributed by atoms with Crippen LogP contribution in [0, 0.1) is 5.21 Å². The molecule has 1 aromatic rings. The molecule has 0 aliphatic carbocycles. The van der Waals surface area contributed by atoms with Crippen LogP contribution in [0.5, 0.6) is 0 Å². The van der Waals surface area contributed by atoms with E-state index in [9.17, 15) is 5.21 Å². The molecule has 0 fully saturated rings. The lowest BCUT2D eigenvalue weighted by Crippen LogP contribution is -2.22. The Balaban J connectivity index is 2.55. The molecule has 2 heterocycles. The van der Waals surface area contributed by atoms with Crippen LogP contribution in [0.3, 0.4) is 0 Å². The quantitative estimate of drug-likeness (QED) is 0.399. The third kappa shape index (κ3) is 0.586. The topological polar surface area (TPSA) is 53.9 Å². The summed E-state index contributed by atoms with van der Waals surface area (Å²) in [4.78, 5) is 2.96. The second kappa shape index (κ2) is 1.76. The lowest BCUT2D eigenvalue weighted by Gasteiger charge is -2.12. The maximum atomic E-state index is 10.9. The molecule has 0 spiro atoms. The Kier molecular flexibility index (Phi) is 0.943. The van der Waals surface area contributed by atoms with Crippen LogP contribution in [-0.4, -0.2) is 16.1 Å². The first-order valence-corrected chi connectivity index (χ1v) is 3.07. The fraction of sp³-hybridized carbons (Fsp3) is 0.167. The van der Waals surface area contributed by atoms with Gasteiger partial charge in [0.2, 0.25) is 6.34 Å². The summed E-state index contributed by atoms with van der Waals surface area (Å²) >= 11 is 0. The minimum atomic E-state index is 0.707. The SMILES string of the molecule is [O-][N+]1=CNCc2[nH]ccc21. The molecule has 0 unspecified atom stereocenters. The maximum Gasteiger partial charge on any atom is 0.240 e. The van der Waals surface area contributed by atoms with Crippen molar-refractivity contribution in [3.63, 3.8) is 0 Å². The van der Waals surface area contributed by atoms with Crippen molar-refractivity contribution in [2.24, 2.45) is 0 Å². The average Bonchev–Trinajstić information content (AvgIpc) is 2.36. The zero-order valence-electron chi connectivity index (χ0n) is 5.29. The van der Waals surface area contributed by atoms with Crippen molar-refractivity contribution in [1.29, 1.82) is 0 Å². The standard InChI is InChI=1S/C6H7N3O/c10-9-4-7-3-5-6(9)1-2-8-5/h1-2,4,7-8H,3H2. The van der Waals surface area contributed by atoms with Crippen molar-refractivity contribution in [1.82, 2.24) is 10.3 Å². The fourth-order valence-corrected chi connectivity index (χ4v) is 1.04. The number of aromatic amines is 1. The molecule has 2 rings (SSSR count). The first-order chi connectivity index (χ1) is 4.88. The van der Waals surface area contributed by atoms with Gasteiger partial charge in [0.1, 0.15) is 12.2 Å². The van der Waals surface area contributed by atoms with E-state index in [0.717, 1.165) is 10.4 Å². The third-order valence-corrected chi connectivity index (χ3v) is 1.53. The minimum absolute atomic E-state index is 0.707. The lowest BCUT2D eigenvalue weighted by atomic mass is 10.3. The Morgan fingerprint density at radius 2 is 2.50 bits per heavy atom. The molecule has 0 atom stereocenters. The van der Waals surface area contributed by atoms with Gasteiger partial charge >= 0.3 is 0 Å². The van der Waals surface area contributed by atoms with Crippen LogP contribution in [0.2, 0.25) is 0 Å². The Hall–Kier alpha value is -1.45. The molecule has 0 saturated heterocycles. The van der Waals surface area contributed by atoms with Gasteiger partial charge in [0, 0.05) is 12.3 Å². The first-order valence-electron chi connectivity index (χ1n) is 3.07. The van der Waals surface area contributed by atoms with Crippen LogP contribution < -0.4 is 5.32 Å². The summed E-state index contributed by atoms with van der Waals surface area (Å²) in [5.74, 6) is 0. The molecule has 2 N–H and O–H groups in total. The maximum absolute atomic E-state index is 10.9. The highest BCUT2D eigenvalue weighted by Crippen LogP contribution is 2.17. The molecule has 4 nitrogen and oxygen atoms in total. The van der Waals surface area contributed by atoms with Crippen LogP contribution in [0.1, 0.15) is 5.69 Å². The van der Waals surface area contributed by atoms with E-state index in [-0.39, 0.29) is 0 Å². The summed E-state index contributed by atoms with van der Waals surface area (Å²) in [6, 6.07) is 1.76. The van der Waals surface area contributed by atoms with Gasteiger partial charge < -0.3 is 10.2 Å². The average molecular weight is 137 g/mol. The summed E-state index contributed by atoms with van der Waals surface area (Å²) < 4.78 is 0.815. The van der Waals surface area contributed by atoms with Gasteiger partial charge in [0.05, 0.1) is 0 Å². The van der Waals surface area contributed by atoms with E-state index >= 15 is 0 Å². The van der Waals surface area contributed by atoms with Gasteiger partial charge in [-0.25, -0.2) is 4.74 Å². The third-order valence-electron chi connectivity index (χ3n) is 1.53. The van der Waals surface area contributed by atoms with Crippen molar-refractivity contribution in [2.45, 2.75) is 6.54 Å². The zero-order chi connectivity index (χ0) is 6.97. The van der Waals surface area contributed by atoms with Crippen LogP contribution in [0.4, 0.5) is 5.69 Å². The number of aromatic nitrogens is 1. The van der Waals surface area contributed by atoms with Gasteiger partial charge in [-0.3, -0.25) is 5.32 Å². The van der Waals surface area contributed by atoms with Gasteiger partial charge in [0.25, 0.3) is 0 Å². The van der Waals surface area contributed by atoms with Crippen molar-refractivity contribution in [3.05, 3.63) is 23.2 Å². The Morgan fingerprint density at radius 1 is 1.60 bits per heavy atom. The minimum Gasteiger partial charge on any atom is -0.711 e.